The summed E-state index contributed by atoms with van der Waals surface area (Å²) in [5, 5.41) is 0. The summed E-state index contributed by atoms with van der Waals surface area (Å²) in [4.78, 5) is 17.5. The van der Waals surface area contributed by atoms with Gasteiger partial charge in [-0.15, -0.1) is 0 Å². The van der Waals surface area contributed by atoms with Gasteiger partial charge in [-0.2, -0.15) is 0 Å². The highest BCUT2D eigenvalue weighted by Crippen LogP contribution is 2.29. The molecular formula is C27H31N3O3S. The van der Waals surface area contributed by atoms with Crippen molar-refractivity contribution in [2.45, 2.75) is 30.8 Å². The van der Waals surface area contributed by atoms with Crippen molar-refractivity contribution in [3.05, 3.63) is 102 Å². The van der Waals surface area contributed by atoms with Gasteiger partial charge in [0, 0.05) is 37.8 Å². The standard InChI is InChI=1S/C27H31N3O3S/c1-21(2)28-34(32,33)25-15-13-24(14-16-25)27(31)30-19-17-29(18-20-30)26(22-9-5-3-6-10-22)23-11-7-4-8-12-23/h3-16,21,26,28H,17-20H2,1-2H3. The van der Waals surface area contributed by atoms with Crippen molar-refractivity contribution < 1.29 is 13.2 Å². The van der Waals surface area contributed by atoms with Gasteiger partial charge < -0.3 is 4.90 Å². The molecule has 0 radical (unpaired) electrons. The number of hydrogen-bond acceptors (Lipinski definition) is 4. The van der Waals surface area contributed by atoms with Gasteiger partial charge in [-0.3, -0.25) is 9.69 Å². The molecule has 0 aliphatic carbocycles. The molecule has 0 spiro atoms. The zero-order valence-electron chi connectivity index (χ0n) is 19.6. The molecule has 3 aromatic carbocycles. The minimum Gasteiger partial charge on any atom is -0.336 e. The van der Waals surface area contributed by atoms with E-state index in [0.717, 1.165) is 13.1 Å². The molecule has 1 aliphatic heterocycles. The number of nitrogens with zero attached hydrogens (tertiary/aromatic N) is 2. The van der Waals surface area contributed by atoms with E-state index >= 15 is 0 Å². The highest BCUT2D eigenvalue weighted by molar-refractivity contribution is 7.89. The van der Waals surface area contributed by atoms with Crippen LogP contribution in [0, 0.1) is 0 Å². The Balaban J connectivity index is 1.45. The molecule has 0 saturated carbocycles. The second-order valence-corrected chi connectivity index (χ2v) is 10.6. The van der Waals surface area contributed by atoms with E-state index < -0.39 is 10.0 Å². The molecule has 0 atom stereocenters. The molecule has 1 aliphatic rings. The van der Waals surface area contributed by atoms with Gasteiger partial charge in [0.1, 0.15) is 0 Å². The van der Waals surface area contributed by atoms with Gasteiger partial charge in [0.2, 0.25) is 10.0 Å². The predicted molar refractivity (Wildman–Crippen MR) is 134 cm³/mol. The molecule has 6 nitrogen and oxygen atoms in total. The lowest BCUT2D eigenvalue weighted by Crippen LogP contribution is -2.49. The van der Waals surface area contributed by atoms with Crippen LogP contribution in [-0.2, 0) is 10.0 Å². The zero-order valence-corrected chi connectivity index (χ0v) is 20.4. The van der Waals surface area contributed by atoms with E-state index in [1.807, 2.05) is 17.0 Å². The van der Waals surface area contributed by atoms with Crippen LogP contribution in [0.3, 0.4) is 0 Å². The van der Waals surface area contributed by atoms with Gasteiger partial charge in [-0.25, -0.2) is 13.1 Å². The average Bonchev–Trinajstić information content (AvgIpc) is 2.85. The van der Waals surface area contributed by atoms with Crippen LogP contribution in [0.4, 0.5) is 0 Å². The van der Waals surface area contributed by atoms with E-state index in [4.69, 9.17) is 0 Å². The summed E-state index contributed by atoms with van der Waals surface area (Å²) in [6, 6.07) is 27.0. The fourth-order valence-corrected chi connectivity index (χ4v) is 5.66. The summed E-state index contributed by atoms with van der Waals surface area (Å²) in [6.07, 6.45) is 0. The summed E-state index contributed by atoms with van der Waals surface area (Å²) in [5.74, 6) is -0.0728. The number of carbonyl (C=O) groups is 1. The number of hydrogen-bond donors (Lipinski definition) is 1. The van der Waals surface area contributed by atoms with Crippen molar-refractivity contribution in [2.75, 3.05) is 26.2 Å². The Morgan fingerprint density at radius 3 is 1.74 bits per heavy atom. The molecule has 1 amide bonds. The average molecular weight is 478 g/mol. The fraction of sp³-hybridized carbons (Fsp3) is 0.296. The van der Waals surface area contributed by atoms with E-state index in [9.17, 15) is 13.2 Å². The Morgan fingerprint density at radius 1 is 0.765 bits per heavy atom. The minimum absolute atomic E-state index is 0.0728. The van der Waals surface area contributed by atoms with Crippen LogP contribution < -0.4 is 4.72 Å². The second kappa shape index (κ2) is 10.5. The van der Waals surface area contributed by atoms with E-state index in [-0.39, 0.29) is 22.9 Å². The normalized spacial score (nSPS) is 15.1. The van der Waals surface area contributed by atoms with Gasteiger partial charge in [-0.1, -0.05) is 60.7 Å². The Labute approximate surface area is 202 Å². The van der Waals surface area contributed by atoms with Crippen LogP contribution in [0.15, 0.2) is 89.8 Å². The smallest absolute Gasteiger partial charge is 0.253 e. The van der Waals surface area contributed by atoms with Gasteiger partial charge >= 0.3 is 0 Å². The highest BCUT2D eigenvalue weighted by atomic mass is 32.2. The van der Waals surface area contributed by atoms with Crippen molar-refractivity contribution >= 4 is 15.9 Å². The molecule has 1 saturated heterocycles. The number of nitrogens with one attached hydrogen (secondary N) is 1. The van der Waals surface area contributed by atoms with Crippen molar-refractivity contribution in [3.63, 3.8) is 0 Å². The molecule has 0 unspecified atom stereocenters. The SMILES string of the molecule is CC(C)NS(=O)(=O)c1ccc(C(=O)N2CCN(C(c3ccccc3)c3ccccc3)CC2)cc1. The third-order valence-corrected chi connectivity index (χ3v) is 7.67. The topological polar surface area (TPSA) is 69.7 Å². The Kier molecular flexibility index (Phi) is 7.46. The maximum absolute atomic E-state index is 13.1. The molecule has 178 valence electrons. The van der Waals surface area contributed by atoms with E-state index in [0.29, 0.717) is 18.7 Å². The Hall–Kier alpha value is -3.00. The molecule has 4 rings (SSSR count). The first kappa shape index (κ1) is 24.1. The van der Waals surface area contributed by atoms with Gasteiger partial charge in [0.15, 0.2) is 0 Å². The lowest BCUT2D eigenvalue weighted by Gasteiger charge is -2.39. The maximum atomic E-state index is 13.1. The monoisotopic (exact) mass is 477 g/mol. The molecule has 34 heavy (non-hydrogen) atoms. The van der Waals surface area contributed by atoms with Crippen molar-refractivity contribution in [2.24, 2.45) is 0 Å². The number of benzene rings is 3. The van der Waals surface area contributed by atoms with Crippen molar-refractivity contribution in [3.8, 4) is 0 Å². The lowest BCUT2D eigenvalue weighted by molar-refractivity contribution is 0.0597. The summed E-state index contributed by atoms with van der Waals surface area (Å²) >= 11 is 0. The molecule has 0 aromatic heterocycles. The zero-order chi connectivity index (χ0) is 24.1. The second-order valence-electron chi connectivity index (χ2n) is 8.85. The maximum Gasteiger partial charge on any atom is 0.253 e. The first-order valence-electron chi connectivity index (χ1n) is 11.6. The molecule has 7 heteroatoms. The Bertz CT molecular complexity index is 1150. The summed E-state index contributed by atoms with van der Waals surface area (Å²) < 4.78 is 27.3. The predicted octanol–water partition coefficient (Wildman–Crippen LogP) is 3.92. The number of amides is 1. The molecule has 1 N–H and O–H groups in total. The number of carbonyl (C=O) groups excluding carboxylic acids is 1. The third kappa shape index (κ3) is 5.55. The van der Waals surface area contributed by atoms with Gasteiger partial charge in [0.05, 0.1) is 10.9 Å². The number of sulfonamides is 1. The molecular weight excluding hydrogens is 446 g/mol. The minimum atomic E-state index is -3.58. The number of piperazine rings is 1. The Morgan fingerprint density at radius 2 is 1.26 bits per heavy atom. The van der Waals surface area contributed by atoms with Crippen molar-refractivity contribution in [1.29, 1.82) is 0 Å². The van der Waals surface area contributed by atoms with E-state index in [2.05, 4.69) is 58.2 Å². The van der Waals surface area contributed by atoms with Crippen LogP contribution >= 0.6 is 0 Å². The lowest BCUT2D eigenvalue weighted by atomic mass is 9.96. The quantitative estimate of drug-likeness (QED) is 0.560. The van der Waals surface area contributed by atoms with Crippen LogP contribution in [0.2, 0.25) is 0 Å². The van der Waals surface area contributed by atoms with Crippen LogP contribution in [-0.4, -0.2) is 56.3 Å². The largest absolute Gasteiger partial charge is 0.336 e. The first-order chi connectivity index (χ1) is 16.3. The van der Waals surface area contributed by atoms with Gasteiger partial charge in [0.25, 0.3) is 5.91 Å². The number of rotatable bonds is 7. The first-order valence-corrected chi connectivity index (χ1v) is 13.1. The van der Waals surface area contributed by atoms with E-state index in [1.165, 1.54) is 23.3 Å². The molecule has 1 fully saturated rings. The molecule has 3 aromatic rings. The van der Waals surface area contributed by atoms with Crippen LogP contribution in [0.25, 0.3) is 0 Å². The fourth-order valence-electron chi connectivity index (χ4n) is 4.41. The summed E-state index contributed by atoms with van der Waals surface area (Å²) in [6.45, 7) is 6.29. The third-order valence-electron chi connectivity index (χ3n) is 6.00. The van der Waals surface area contributed by atoms with Crippen molar-refractivity contribution in [1.82, 2.24) is 14.5 Å². The summed E-state index contributed by atoms with van der Waals surface area (Å²) in [5.41, 5.74) is 2.97. The molecule has 1 heterocycles. The summed E-state index contributed by atoms with van der Waals surface area (Å²) in [7, 11) is -3.58. The van der Waals surface area contributed by atoms with Gasteiger partial charge in [-0.05, 0) is 49.2 Å². The molecule has 0 bridgehead atoms. The van der Waals surface area contributed by atoms with Crippen LogP contribution in [0.1, 0.15) is 41.4 Å². The van der Waals surface area contributed by atoms with E-state index in [1.54, 1.807) is 26.0 Å². The highest BCUT2D eigenvalue weighted by Gasteiger charge is 2.28. The van der Waals surface area contributed by atoms with Crippen LogP contribution in [0.5, 0.6) is 0 Å².